The Bertz CT molecular complexity index is 558. The van der Waals surface area contributed by atoms with Crippen molar-refractivity contribution in [2.24, 2.45) is 23.7 Å². The topological polar surface area (TPSA) is 53.2 Å². The molecule has 1 N–H and O–H groups in total. The summed E-state index contributed by atoms with van der Waals surface area (Å²) >= 11 is 0. The Morgan fingerprint density at radius 3 is 2.45 bits per heavy atom. The van der Waals surface area contributed by atoms with Crippen LogP contribution in [0.4, 0.5) is 0 Å². The minimum atomic E-state index is 0.0509. The Kier molecular flexibility index (Phi) is 3.47. The summed E-state index contributed by atoms with van der Waals surface area (Å²) < 4.78 is 5.05. The SMILES string of the molecule is N#COC1C=CC2C3C=CC(C3)C12.Oc1ccccc1. The lowest BCUT2D eigenvalue weighted by Gasteiger charge is -2.23. The Labute approximate surface area is 118 Å². The number of hydrogen-bond acceptors (Lipinski definition) is 3. The van der Waals surface area contributed by atoms with Gasteiger partial charge in [0.05, 0.1) is 0 Å². The average molecular weight is 267 g/mol. The molecule has 102 valence electrons. The van der Waals surface area contributed by atoms with E-state index in [-0.39, 0.29) is 6.10 Å². The summed E-state index contributed by atoms with van der Waals surface area (Å²) in [6.07, 6.45) is 12.0. The number of benzene rings is 1. The van der Waals surface area contributed by atoms with E-state index in [4.69, 9.17) is 15.1 Å². The maximum atomic E-state index is 8.63. The van der Waals surface area contributed by atoms with Crippen molar-refractivity contribution in [1.29, 1.82) is 5.26 Å². The van der Waals surface area contributed by atoms with Gasteiger partial charge in [0.15, 0.2) is 0 Å². The van der Waals surface area contributed by atoms with E-state index < -0.39 is 0 Å². The zero-order valence-electron chi connectivity index (χ0n) is 11.1. The van der Waals surface area contributed by atoms with Crippen molar-refractivity contribution in [2.45, 2.75) is 12.5 Å². The van der Waals surface area contributed by atoms with Crippen LogP contribution in [0.5, 0.6) is 5.75 Å². The number of fused-ring (bicyclic) bond motifs is 5. The van der Waals surface area contributed by atoms with E-state index in [0.717, 1.165) is 5.92 Å². The highest BCUT2D eigenvalue weighted by molar-refractivity contribution is 5.25. The van der Waals surface area contributed by atoms with Gasteiger partial charge in [-0.1, -0.05) is 36.4 Å². The quantitative estimate of drug-likeness (QED) is 0.627. The number of aromatic hydroxyl groups is 1. The molecule has 2 bridgehead atoms. The largest absolute Gasteiger partial charge is 0.508 e. The number of para-hydroxylation sites is 1. The maximum absolute atomic E-state index is 8.63. The van der Waals surface area contributed by atoms with Gasteiger partial charge in [0, 0.05) is 5.92 Å². The molecule has 1 aromatic carbocycles. The lowest BCUT2D eigenvalue weighted by atomic mass is 9.84. The van der Waals surface area contributed by atoms with E-state index >= 15 is 0 Å². The van der Waals surface area contributed by atoms with Gasteiger partial charge in [-0.3, -0.25) is 0 Å². The van der Waals surface area contributed by atoms with E-state index in [9.17, 15) is 0 Å². The summed E-state index contributed by atoms with van der Waals surface area (Å²) in [5, 5.41) is 17.1. The van der Waals surface area contributed by atoms with Crippen molar-refractivity contribution >= 4 is 0 Å². The van der Waals surface area contributed by atoms with Crippen LogP contribution < -0.4 is 0 Å². The van der Waals surface area contributed by atoms with Crippen LogP contribution in [0.3, 0.4) is 0 Å². The number of phenols is 1. The molecule has 4 rings (SSSR count). The lowest BCUT2D eigenvalue weighted by Crippen LogP contribution is -2.25. The van der Waals surface area contributed by atoms with Crippen molar-refractivity contribution in [2.75, 3.05) is 0 Å². The average Bonchev–Trinajstić information content (AvgIpc) is 3.14. The zero-order valence-corrected chi connectivity index (χ0v) is 11.1. The molecule has 3 aliphatic carbocycles. The third-order valence-electron chi connectivity index (χ3n) is 4.43. The van der Waals surface area contributed by atoms with Crippen molar-refractivity contribution in [1.82, 2.24) is 0 Å². The second-order valence-corrected chi connectivity index (χ2v) is 5.50. The first-order valence-corrected chi connectivity index (χ1v) is 6.95. The highest BCUT2D eigenvalue weighted by Gasteiger charge is 2.49. The second kappa shape index (κ2) is 5.42. The van der Waals surface area contributed by atoms with Gasteiger partial charge in [-0.15, -0.1) is 0 Å². The van der Waals surface area contributed by atoms with Crippen LogP contribution in [0.25, 0.3) is 0 Å². The van der Waals surface area contributed by atoms with Crippen molar-refractivity contribution in [3.63, 3.8) is 0 Å². The first kappa shape index (κ1) is 12.8. The van der Waals surface area contributed by atoms with Gasteiger partial charge in [0.1, 0.15) is 11.9 Å². The lowest BCUT2D eigenvalue weighted by molar-refractivity contribution is 0.123. The Hall–Kier alpha value is -2.21. The van der Waals surface area contributed by atoms with Gasteiger partial charge < -0.3 is 9.84 Å². The number of nitriles is 1. The van der Waals surface area contributed by atoms with Crippen LogP contribution in [0.15, 0.2) is 54.6 Å². The molecule has 1 fully saturated rings. The molecule has 1 saturated carbocycles. The van der Waals surface area contributed by atoms with Crippen molar-refractivity contribution < 1.29 is 9.84 Å². The first-order chi connectivity index (χ1) is 9.79. The van der Waals surface area contributed by atoms with Gasteiger partial charge in [-0.2, -0.15) is 5.26 Å². The van der Waals surface area contributed by atoms with Crippen LogP contribution in [-0.2, 0) is 4.74 Å². The summed E-state index contributed by atoms with van der Waals surface area (Å²) in [6, 6.07) is 8.71. The number of nitrogens with zero attached hydrogens (tertiary/aromatic N) is 1. The molecule has 0 aliphatic heterocycles. The molecule has 20 heavy (non-hydrogen) atoms. The van der Waals surface area contributed by atoms with Crippen LogP contribution >= 0.6 is 0 Å². The molecule has 0 aromatic heterocycles. The maximum Gasteiger partial charge on any atom is 0.286 e. The van der Waals surface area contributed by atoms with E-state index in [2.05, 4.69) is 24.3 Å². The van der Waals surface area contributed by atoms with Crippen LogP contribution in [0.1, 0.15) is 6.42 Å². The molecule has 3 aliphatic rings. The number of hydrogen-bond donors (Lipinski definition) is 1. The molecule has 1 aromatic rings. The smallest absolute Gasteiger partial charge is 0.286 e. The molecule has 0 amide bonds. The van der Waals surface area contributed by atoms with Crippen LogP contribution in [0.2, 0.25) is 0 Å². The van der Waals surface area contributed by atoms with E-state index in [1.165, 1.54) is 6.42 Å². The molecule has 5 unspecified atom stereocenters. The molecule has 0 radical (unpaired) electrons. The van der Waals surface area contributed by atoms with Crippen molar-refractivity contribution in [3.8, 4) is 12.0 Å². The summed E-state index contributed by atoms with van der Waals surface area (Å²) in [6.45, 7) is 0. The Morgan fingerprint density at radius 2 is 1.80 bits per heavy atom. The number of ether oxygens (including phenoxy) is 1. The molecule has 3 nitrogen and oxygen atoms in total. The summed E-state index contributed by atoms with van der Waals surface area (Å²) in [5.74, 6) is 2.90. The number of rotatable bonds is 1. The predicted molar refractivity (Wildman–Crippen MR) is 75.4 cm³/mol. The molecule has 0 heterocycles. The van der Waals surface area contributed by atoms with E-state index in [0.29, 0.717) is 23.5 Å². The number of allylic oxidation sites excluding steroid dienone is 3. The predicted octanol–water partition coefficient (Wildman–Crippen LogP) is 3.25. The normalized spacial score (nSPS) is 35.0. The van der Waals surface area contributed by atoms with Crippen molar-refractivity contribution in [3.05, 3.63) is 54.6 Å². The van der Waals surface area contributed by atoms with Gasteiger partial charge >= 0.3 is 0 Å². The van der Waals surface area contributed by atoms with Crippen LogP contribution in [0, 0.1) is 35.2 Å². The molecular weight excluding hydrogens is 250 g/mol. The van der Waals surface area contributed by atoms with E-state index in [1.807, 2.05) is 6.07 Å². The third kappa shape index (κ3) is 2.30. The minimum absolute atomic E-state index is 0.0509. The molecule has 0 saturated heterocycles. The fraction of sp³-hybridized carbons (Fsp3) is 0.353. The molecule has 3 heteroatoms. The fourth-order valence-electron chi connectivity index (χ4n) is 3.61. The highest BCUT2D eigenvalue weighted by Crippen LogP contribution is 2.53. The van der Waals surface area contributed by atoms with Gasteiger partial charge in [0.2, 0.25) is 0 Å². The Morgan fingerprint density at radius 1 is 1.05 bits per heavy atom. The second-order valence-electron chi connectivity index (χ2n) is 5.50. The first-order valence-electron chi connectivity index (χ1n) is 6.95. The molecule has 5 atom stereocenters. The van der Waals surface area contributed by atoms with Crippen LogP contribution in [-0.4, -0.2) is 11.2 Å². The zero-order chi connectivity index (χ0) is 13.9. The summed E-state index contributed by atoms with van der Waals surface area (Å²) in [4.78, 5) is 0. The Balaban J connectivity index is 0.000000147. The van der Waals surface area contributed by atoms with Gasteiger partial charge in [0.25, 0.3) is 6.26 Å². The van der Waals surface area contributed by atoms with Gasteiger partial charge in [-0.05, 0) is 42.4 Å². The fourth-order valence-corrected chi connectivity index (χ4v) is 3.61. The molecular formula is C17H17NO2. The third-order valence-corrected chi connectivity index (χ3v) is 4.43. The molecule has 0 spiro atoms. The summed E-state index contributed by atoms with van der Waals surface area (Å²) in [7, 11) is 0. The highest BCUT2D eigenvalue weighted by atomic mass is 16.5. The monoisotopic (exact) mass is 267 g/mol. The standard InChI is InChI=1S/C11H11NO.C6H6O/c12-6-13-10-4-3-9-7-1-2-8(5-7)11(9)10;7-6-4-2-1-3-5-6/h1-4,7-11H,5H2;1-5,7H. The van der Waals surface area contributed by atoms with E-state index in [1.54, 1.807) is 30.5 Å². The summed E-state index contributed by atoms with van der Waals surface area (Å²) in [5.41, 5.74) is 0. The van der Waals surface area contributed by atoms with Gasteiger partial charge in [-0.25, -0.2) is 0 Å². The minimum Gasteiger partial charge on any atom is -0.508 e. The number of phenolic OH excluding ortho intramolecular Hbond substituents is 1.